The van der Waals surface area contributed by atoms with E-state index in [1.54, 1.807) is 0 Å². The first-order valence-corrected chi connectivity index (χ1v) is 3.16. The number of nitrogens with zero attached hydrogens (tertiary/aromatic N) is 1. The van der Waals surface area contributed by atoms with Gasteiger partial charge in [-0.2, -0.15) is 0 Å². The van der Waals surface area contributed by atoms with Gasteiger partial charge in [-0.05, 0) is 6.07 Å². The summed E-state index contributed by atoms with van der Waals surface area (Å²) in [7, 11) is 1.33. The fraction of sp³-hybridized carbons (Fsp3) is 0.143. The van der Waals surface area contributed by atoms with Gasteiger partial charge in [0.05, 0.1) is 18.1 Å². The number of phenols is 1. The average Bonchev–Trinajstić information content (AvgIpc) is 2.05. The van der Waals surface area contributed by atoms with Crippen LogP contribution in [-0.4, -0.2) is 46.7 Å². The first-order valence-electron chi connectivity index (χ1n) is 3.16. The van der Waals surface area contributed by atoms with E-state index in [2.05, 4.69) is 4.74 Å². The topological polar surface area (TPSA) is 72.6 Å². The SMILES string of the molecule is COc1cc([N+](=O)[O-])ccc1O.[Na]. The predicted molar refractivity (Wildman–Crippen MR) is 47.1 cm³/mol. The number of nitro benzene ring substituents is 1. The molecule has 6 heteroatoms. The smallest absolute Gasteiger partial charge is 0.273 e. The van der Waals surface area contributed by atoms with Crippen molar-refractivity contribution in [3.63, 3.8) is 0 Å². The number of hydrogen-bond donors (Lipinski definition) is 1. The van der Waals surface area contributed by atoms with Crippen LogP contribution in [0.1, 0.15) is 0 Å². The van der Waals surface area contributed by atoms with Gasteiger partial charge in [0.1, 0.15) is 0 Å². The molecule has 0 saturated carbocycles. The molecule has 0 amide bonds. The normalized spacial score (nSPS) is 8.69. The van der Waals surface area contributed by atoms with E-state index >= 15 is 0 Å². The van der Waals surface area contributed by atoms with Crippen LogP contribution in [0.4, 0.5) is 5.69 Å². The molecule has 5 nitrogen and oxygen atoms in total. The molecule has 0 aromatic heterocycles. The Morgan fingerprint density at radius 3 is 2.62 bits per heavy atom. The zero-order valence-corrected chi connectivity index (χ0v) is 9.35. The first-order chi connectivity index (χ1) is 5.65. The van der Waals surface area contributed by atoms with E-state index < -0.39 is 4.92 Å². The van der Waals surface area contributed by atoms with Crippen LogP contribution in [0.3, 0.4) is 0 Å². The molecule has 1 aromatic carbocycles. The van der Waals surface area contributed by atoms with Crippen molar-refractivity contribution in [1.82, 2.24) is 0 Å². The number of non-ortho nitro benzene ring substituents is 1. The number of phenolic OH excluding ortho intramolecular Hbond substituents is 1. The summed E-state index contributed by atoms with van der Waals surface area (Å²) in [4.78, 5) is 9.70. The summed E-state index contributed by atoms with van der Waals surface area (Å²) >= 11 is 0. The summed E-state index contributed by atoms with van der Waals surface area (Å²) in [5, 5.41) is 19.3. The van der Waals surface area contributed by atoms with Crippen LogP contribution in [0.2, 0.25) is 0 Å². The molecule has 1 aromatic rings. The maximum absolute atomic E-state index is 10.2. The van der Waals surface area contributed by atoms with Crippen LogP contribution in [0, 0.1) is 10.1 Å². The Morgan fingerprint density at radius 2 is 2.15 bits per heavy atom. The summed E-state index contributed by atoms with van der Waals surface area (Å²) < 4.78 is 4.68. The van der Waals surface area contributed by atoms with Crippen LogP contribution in [0.5, 0.6) is 11.5 Å². The summed E-state index contributed by atoms with van der Waals surface area (Å²) in [5.41, 5.74) is -0.107. The average molecular weight is 192 g/mol. The molecule has 0 heterocycles. The Kier molecular flexibility index (Phi) is 4.76. The fourth-order valence-electron chi connectivity index (χ4n) is 0.780. The predicted octanol–water partition coefficient (Wildman–Crippen LogP) is 0.928. The number of rotatable bonds is 2. The molecule has 0 aliphatic rings. The molecule has 1 radical (unpaired) electrons. The quantitative estimate of drug-likeness (QED) is 0.429. The van der Waals surface area contributed by atoms with Crippen LogP contribution in [0.15, 0.2) is 18.2 Å². The number of ether oxygens (including phenoxy) is 1. The van der Waals surface area contributed by atoms with E-state index in [0.29, 0.717) is 0 Å². The molecule has 0 aliphatic carbocycles. The van der Waals surface area contributed by atoms with Gasteiger partial charge >= 0.3 is 0 Å². The van der Waals surface area contributed by atoms with Crippen molar-refractivity contribution in [1.29, 1.82) is 0 Å². The molecule has 0 saturated heterocycles. The van der Waals surface area contributed by atoms with Gasteiger partial charge in [-0.1, -0.05) is 0 Å². The van der Waals surface area contributed by atoms with Crippen LogP contribution >= 0.6 is 0 Å². The molecule has 0 aliphatic heterocycles. The van der Waals surface area contributed by atoms with E-state index in [1.807, 2.05) is 0 Å². The van der Waals surface area contributed by atoms with Crippen molar-refractivity contribution < 1.29 is 14.8 Å². The molecular formula is C7H7NNaO4. The zero-order chi connectivity index (χ0) is 9.14. The van der Waals surface area contributed by atoms with Crippen molar-refractivity contribution in [2.45, 2.75) is 0 Å². The Morgan fingerprint density at radius 1 is 1.54 bits per heavy atom. The molecule has 0 unspecified atom stereocenters. The molecule has 13 heavy (non-hydrogen) atoms. The molecule has 0 bridgehead atoms. The van der Waals surface area contributed by atoms with Gasteiger partial charge in [-0.25, -0.2) is 0 Å². The second-order valence-corrected chi connectivity index (χ2v) is 2.11. The first kappa shape index (κ1) is 12.2. The third-order valence-corrected chi connectivity index (χ3v) is 1.37. The van der Waals surface area contributed by atoms with Crippen molar-refractivity contribution in [2.75, 3.05) is 7.11 Å². The van der Waals surface area contributed by atoms with Crippen molar-refractivity contribution in [3.8, 4) is 11.5 Å². The third-order valence-electron chi connectivity index (χ3n) is 1.37. The molecule has 0 fully saturated rings. The minimum Gasteiger partial charge on any atom is -0.504 e. The maximum Gasteiger partial charge on any atom is 0.273 e. The van der Waals surface area contributed by atoms with E-state index in [0.717, 1.165) is 6.07 Å². The molecular weight excluding hydrogens is 185 g/mol. The number of nitro groups is 1. The zero-order valence-electron chi connectivity index (χ0n) is 7.35. The molecule has 0 atom stereocenters. The molecule has 1 N–H and O–H groups in total. The number of methoxy groups -OCH3 is 1. The van der Waals surface area contributed by atoms with Crippen molar-refractivity contribution in [3.05, 3.63) is 28.3 Å². The molecule has 1 rings (SSSR count). The van der Waals surface area contributed by atoms with Gasteiger partial charge in [0, 0.05) is 35.6 Å². The Labute approximate surface area is 96.8 Å². The van der Waals surface area contributed by atoms with Gasteiger partial charge in [0.25, 0.3) is 5.69 Å². The standard InChI is InChI=1S/C7H7NO4.Na/c1-12-7-4-5(8(10)11)2-3-6(7)9;/h2-4,9H,1H3;. The van der Waals surface area contributed by atoms with Crippen LogP contribution in [0.25, 0.3) is 0 Å². The van der Waals surface area contributed by atoms with Crippen LogP contribution < -0.4 is 4.74 Å². The van der Waals surface area contributed by atoms with Gasteiger partial charge in [0.2, 0.25) is 0 Å². The van der Waals surface area contributed by atoms with E-state index in [9.17, 15) is 10.1 Å². The summed E-state index contributed by atoms with van der Waals surface area (Å²) in [6, 6.07) is 3.59. The minimum absolute atomic E-state index is 0. The minimum atomic E-state index is -0.554. The van der Waals surface area contributed by atoms with Crippen LogP contribution in [-0.2, 0) is 0 Å². The molecule has 0 spiro atoms. The number of benzene rings is 1. The van der Waals surface area contributed by atoms with Crippen molar-refractivity contribution in [2.24, 2.45) is 0 Å². The Bertz CT molecular complexity index is 315. The summed E-state index contributed by atoms with van der Waals surface area (Å²) in [6.07, 6.45) is 0. The Hall–Kier alpha value is -0.780. The van der Waals surface area contributed by atoms with E-state index in [4.69, 9.17) is 5.11 Å². The third kappa shape index (κ3) is 2.87. The van der Waals surface area contributed by atoms with Crippen molar-refractivity contribution >= 4 is 35.2 Å². The number of aromatic hydroxyl groups is 1. The van der Waals surface area contributed by atoms with Gasteiger partial charge < -0.3 is 9.84 Å². The van der Waals surface area contributed by atoms with E-state index in [1.165, 1.54) is 19.2 Å². The van der Waals surface area contributed by atoms with E-state index in [-0.39, 0.29) is 46.7 Å². The second kappa shape index (κ2) is 5.06. The second-order valence-electron chi connectivity index (χ2n) is 2.11. The van der Waals surface area contributed by atoms with Gasteiger partial charge in [-0.3, -0.25) is 10.1 Å². The largest absolute Gasteiger partial charge is 0.504 e. The van der Waals surface area contributed by atoms with Gasteiger partial charge in [0.15, 0.2) is 11.5 Å². The van der Waals surface area contributed by atoms with Gasteiger partial charge in [-0.15, -0.1) is 0 Å². The summed E-state index contributed by atoms with van der Waals surface area (Å²) in [6.45, 7) is 0. The molecule has 65 valence electrons. The maximum atomic E-state index is 10.2. The fourth-order valence-corrected chi connectivity index (χ4v) is 0.780. The summed E-state index contributed by atoms with van der Waals surface area (Å²) in [5.74, 6) is -0.00713. The monoisotopic (exact) mass is 192 g/mol. The number of hydrogen-bond acceptors (Lipinski definition) is 4. The Balaban J connectivity index is 0.00000144.